The third kappa shape index (κ3) is 4.41. The Balaban J connectivity index is 1.09. The Kier molecular flexibility index (Phi) is 6.30. The predicted molar refractivity (Wildman–Crippen MR) is 136 cm³/mol. The lowest BCUT2D eigenvalue weighted by Gasteiger charge is -2.36. The highest BCUT2D eigenvalue weighted by atomic mass is 16.1. The van der Waals surface area contributed by atoms with Crippen LogP contribution in [0.4, 0.5) is 5.69 Å². The molecule has 0 saturated carbocycles. The first kappa shape index (κ1) is 22.5. The van der Waals surface area contributed by atoms with Gasteiger partial charge in [-0.15, -0.1) is 0 Å². The molecule has 2 heterocycles. The van der Waals surface area contributed by atoms with Gasteiger partial charge in [0.1, 0.15) is 0 Å². The first-order chi connectivity index (χ1) is 16.5. The number of aromatic nitrogens is 1. The first-order valence-electron chi connectivity index (χ1n) is 12.4. The number of amides is 1. The SMILES string of the molecule is CC1c2c(CCCCN3CCN(c4ccc5c(c4)C=C(C(N)=O)C5)CC3)c[nH]c2C=CC1C#N. The number of hydrogen-bond acceptors (Lipinski definition) is 4. The molecule has 3 aliphatic rings. The van der Waals surface area contributed by atoms with E-state index < -0.39 is 0 Å². The number of benzene rings is 1. The summed E-state index contributed by atoms with van der Waals surface area (Å²) in [5.41, 5.74) is 13.6. The summed E-state index contributed by atoms with van der Waals surface area (Å²) in [6, 6.07) is 8.94. The number of piperazine rings is 1. The van der Waals surface area contributed by atoms with Crippen LogP contribution in [0.25, 0.3) is 12.2 Å². The van der Waals surface area contributed by atoms with E-state index in [9.17, 15) is 10.1 Å². The van der Waals surface area contributed by atoms with Crippen LogP contribution in [-0.4, -0.2) is 48.5 Å². The molecule has 6 heteroatoms. The largest absolute Gasteiger partial charge is 0.369 e. The van der Waals surface area contributed by atoms with Crippen molar-refractivity contribution in [2.24, 2.45) is 11.7 Å². The average Bonchev–Trinajstić information content (AvgIpc) is 3.47. The highest BCUT2D eigenvalue weighted by Crippen LogP contribution is 2.36. The Morgan fingerprint density at radius 3 is 2.82 bits per heavy atom. The van der Waals surface area contributed by atoms with Crippen molar-refractivity contribution in [1.29, 1.82) is 5.26 Å². The standard InChI is InChI=1S/C28H33N5O/c1-19-21(17-29)6-8-26-27(19)22(18-31-26)4-2-3-9-32-10-12-33(13-11-32)25-7-5-20-14-24(28(30)34)15-23(20)16-25/h5-8,15-16,18-19,21,31H,2-4,9-14H2,1H3,(H2,30,34). The first-order valence-corrected chi connectivity index (χ1v) is 12.4. The van der Waals surface area contributed by atoms with E-state index in [4.69, 9.17) is 5.73 Å². The Hall–Kier alpha value is -3.30. The number of nitriles is 1. The van der Waals surface area contributed by atoms with Gasteiger partial charge < -0.3 is 15.6 Å². The van der Waals surface area contributed by atoms with E-state index in [-0.39, 0.29) is 17.7 Å². The summed E-state index contributed by atoms with van der Waals surface area (Å²) in [6.45, 7) is 7.49. The molecule has 0 radical (unpaired) electrons. The van der Waals surface area contributed by atoms with Crippen molar-refractivity contribution >= 4 is 23.7 Å². The normalized spacial score (nSPS) is 21.6. The summed E-state index contributed by atoms with van der Waals surface area (Å²) >= 11 is 0. The van der Waals surface area contributed by atoms with Gasteiger partial charge in [0.2, 0.25) is 5.91 Å². The topological polar surface area (TPSA) is 89.2 Å². The van der Waals surface area contributed by atoms with Crippen LogP contribution in [0.5, 0.6) is 0 Å². The number of unbranched alkanes of at least 4 members (excludes halogenated alkanes) is 1. The van der Waals surface area contributed by atoms with Gasteiger partial charge in [-0.3, -0.25) is 9.69 Å². The monoisotopic (exact) mass is 455 g/mol. The van der Waals surface area contributed by atoms with E-state index in [1.807, 2.05) is 12.2 Å². The number of carbonyl (C=O) groups excluding carboxylic acids is 1. The van der Waals surface area contributed by atoms with E-state index >= 15 is 0 Å². The smallest absolute Gasteiger partial charge is 0.244 e. The fourth-order valence-corrected chi connectivity index (χ4v) is 5.63. The molecule has 2 atom stereocenters. The van der Waals surface area contributed by atoms with Gasteiger partial charge >= 0.3 is 0 Å². The number of H-pyrrole nitrogens is 1. The fraction of sp³-hybridized carbons (Fsp3) is 0.429. The average molecular weight is 456 g/mol. The summed E-state index contributed by atoms with van der Waals surface area (Å²) in [5, 5.41) is 9.40. The minimum Gasteiger partial charge on any atom is -0.369 e. The van der Waals surface area contributed by atoms with Crippen molar-refractivity contribution in [3.8, 4) is 6.07 Å². The lowest BCUT2D eigenvalue weighted by molar-refractivity contribution is -0.114. The quantitative estimate of drug-likeness (QED) is 0.621. The molecule has 2 aromatic rings. The summed E-state index contributed by atoms with van der Waals surface area (Å²) < 4.78 is 0. The summed E-state index contributed by atoms with van der Waals surface area (Å²) in [7, 11) is 0. The Bertz CT molecular complexity index is 1180. The van der Waals surface area contributed by atoms with Gasteiger partial charge in [0, 0.05) is 61.7 Å². The molecule has 1 aliphatic heterocycles. The molecule has 1 fully saturated rings. The van der Waals surface area contributed by atoms with Crippen molar-refractivity contribution in [2.45, 2.75) is 38.5 Å². The van der Waals surface area contributed by atoms with Gasteiger partial charge in [0.25, 0.3) is 0 Å². The highest BCUT2D eigenvalue weighted by Gasteiger charge is 2.26. The van der Waals surface area contributed by atoms with E-state index in [0.717, 1.165) is 51.1 Å². The van der Waals surface area contributed by atoms with E-state index in [1.54, 1.807) is 0 Å². The van der Waals surface area contributed by atoms with Crippen LogP contribution in [-0.2, 0) is 17.6 Å². The molecule has 5 rings (SSSR count). The Morgan fingerprint density at radius 1 is 1.24 bits per heavy atom. The Morgan fingerprint density at radius 2 is 2.06 bits per heavy atom. The minimum absolute atomic E-state index is 0.0229. The number of nitrogens with zero attached hydrogens (tertiary/aromatic N) is 3. The van der Waals surface area contributed by atoms with Gasteiger partial charge in [-0.1, -0.05) is 19.1 Å². The maximum atomic E-state index is 11.5. The number of allylic oxidation sites excluding steroid dienone is 1. The molecular formula is C28H33N5O. The van der Waals surface area contributed by atoms with Crippen LogP contribution in [0.3, 0.4) is 0 Å². The number of anilines is 1. The van der Waals surface area contributed by atoms with Gasteiger partial charge in [0.15, 0.2) is 0 Å². The zero-order chi connectivity index (χ0) is 23.7. The molecule has 2 unspecified atom stereocenters. The maximum Gasteiger partial charge on any atom is 0.244 e. The van der Waals surface area contributed by atoms with Crippen molar-refractivity contribution in [2.75, 3.05) is 37.6 Å². The molecule has 1 saturated heterocycles. The number of hydrogen-bond donors (Lipinski definition) is 2. The molecule has 176 valence electrons. The third-order valence-electron chi connectivity index (χ3n) is 7.72. The van der Waals surface area contributed by atoms with Crippen LogP contribution in [0.15, 0.2) is 36.0 Å². The second-order valence-corrected chi connectivity index (χ2v) is 9.82. The molecule has 0 spiro atoms. The van der Waals surface area contributed by atoms with E-state index in [1.165, 1.54) is 34.5 Å². The van der Waals surface area contributed by atoms with Gasteiger partial charge in [-0.25, -0.2) is 0 Å². The molecule has 6 nitrogen and oxygen atoms in total. The second-order valence-electron chi connectivity index (χ2n) is 9.82. The molecule has 34 heavy (non-hydrogen) atoms. The third-order valence-corrected chi connectivity index (χ3v) is 7.72. The van der Waals surface area contributed by atoms with Crippen molar-refractivity contribution in [3.05, 3.63) is 64.0 Å². The van der Waals surface area contributed by atoms with Crippen molar-refractivity contribution in [1.82, 2.24) is 9.88 Å². The lowest BCUT2D eigenvalue weighted by atomic mass is 9.81. The molecule has 0 bridgehead atoms. The lowest BCUT2D eigenvalue weighted by Crippen LogP contribution is -2.46. The molecule has 2 aliphatic carbocycles. The van der Waals surface area contributed by atoms with Gasteiger partial charge in [-0.05, 0) is 72.3 Å². The summed E-state index contributed by atoms with van der Waals surface area (Å²) in [4.78, 5) is 19.9. The zero-order valence-corrected chi connectivity index (χ0v) is 19.9. The van der Waals surface area contributed by atoms with Crippen molar-refractivity contribution in [3.63, 3.8) is 0 Å². The summed E-state index contributed by atoms with van der Waals surface area (Å²) in [6.07, 6.45) is 12.2. The van der Waals surface area contributed by atoms with Crippen LogP contribution in [0.2, 0.25) is 0 Å². The number of nitrogens with one attached hydrogen (secondary N) is 1. The molecular weight excluding hydrogens is 422 g/mol. The number of rotatable bonds is 7. The summed E-state index contributed by atoms with van der Waals surface area (Å²) in [5.74, 6) is -0.0814. The van der Waals surface area contributed by atoms with Gasteiger partial charge in [-0.2, -0.15) is 5.26 Å². The minimum atomic E-state index is -0.319. The van der Waals surface area contributed by atoms with E-state index in [2.05, 4.69) is 58.2 Å². The second kappa shape index (κ2) is 9.52. The van der Waals surface area contributed by atoms with E-state index in [0.29, 0.717) is 12.0 Å². The number of carbonyl (C=O) groups is 1. The zero-order valence-electron chi connectivity index (χ0n) is 19.9. The van der Waals surface area contributed by atoms with Crippen molar-refractivity contribution < 1.29 is 4.79 Å². The maximum absolute atomic E-state index is 11.5. The number of aromatic amines is 1. The van der Waals surface area contributed by atoms with Crippen LogP contribution in [0, 0.1) is 17.2 Å². The van der Waals surface area contributed by atoms with Gasteiger partial charge in [0.05, 0.1) is 12.0 Å². The molecule has 1 aromatic carbocycles. The number of fused-ring (bicyclic) bond motifs is 2. The molecule has 1 amide bonds. The fourth-order valence-electron chi connectivity index (χ4n) is 5.63. The molecule has 1 aromatic heterocycles. The predicted octanol–water partition coefficient (Wildman–Crippen LogP) is 3.85. The van der Waals surface area contributed by atoms with Crippen LogP contribution < -0.4 is 10.6 Å². The number of nitrogens with two attached hydrogens (primary N) is 1. The molecule has 3 N–H and O–H groups in total. The Labute approximate surface area is 201 Å². The van der Waals surface area contributed by atoms with Crippen LogP contribution in [0.1, 0.15) is 53.6 Å². The number of primary amides is 1. The number of aryl methyl sites for hydroxylation is 1. The van der Waals surface area contributed by atoms with Crippen LogP contribution >= 0.6 is 0 Å². The highest BCUT2D eigenvalue weighted by molar-refractivity contribution is 5.99.